The molecule has 1 N–H and O–H groups in total. The Morgan fingerprint density at radius 3 is 2.00 bits per heavy atom. The predicted molar refractivity (Wildman–Crippen MR) is 95.7 cm³/mol. The molecule has 3 aromatic rings. The second kappa shape index (κ2) is 6.56. The second-order valence-corrected chi connectivity index (χ2v) is 5.63. The largest absolute Gasteiger partial charge is 0.372 e. The molecule has 0 saturated carbocycles. The third kappa shape index (κ3) is 3.12. The molecule has 1 atom stereocenters. The second-order valence-electron chi connectivity index (χ2n) is 5.63. The van der Waals surface area contributed by atoms with Crippen LogP contribution in [0.1, 0.15) is 18.5 Å². The lowest BCUT2D eigenvalue weighted by molar-refractivity contribution is -0.392. The van der Waals surface area contributed by atoms with Gasteiger partial charge in [-0.05, 0) is 18.6 Å². The minimum absolute atomic E-state index is 0.204. The number of non-ortho nitro benzene ring substituents is 1. The summed E-state index contributed by atoms with van der Waals surface area (Å²) in [5, 5.41) is 26.8. The van der Waals surface area contributed by atoms with Crippen LogP contribution in [0.2, 0.25) is 0 Å². The molecule has 0 saturated heterocycles. The Bertz CT molecular complexity index is 957. The van der Waals surface area contributed by atoms with Gasteiger partial charge in [-0.25, -0.2) is 0 Å². The number of hydrogen-bond donors (Lipinski definition) is 1. The number of anilines is 1. The topological polar surface area (TPSA) is 98.3 Å². The van der Waals surface area contributed by atoms with Gasteiger partial charge in [0, 0.05) is 11.4 Å². The van der Waals surface area contributed by atoms with Crippen molar-refractivity contribution in [2.45, 2.75) is 13.0 Å². The van der Waals surface area contributed by atoms with Gasteiger partial charge in [0.05, 0.1) is 21.3 Å². The van der Waals surface area contributed by atoms with Gasteiger partial charge in [-0.1, -0.05) is 48.5 Å². The molecule has 0 bridgehead atoms. The Kier molecular flexibility index (Phi) is 4.30. The Balaban J connectivity index is 2.19. The molecule has 0 unspecified atom stereocenters. The predicted octanol–water partition coefficient (Wildman–Crippen LogP) is 4.83. The molecule has 0 heterocycles. The molecule has 0 radical (unpaired) electrons. The summed E-state index contributed by atoms with van der Waals surface area (Å²) in [6.07, 6.45) is 0. The van der Waals surface area contributed by atoms with Crippen LogP contribution in [0.4, 0.5) is 17.1 Å². The summed E-state index contributed by atoms with van der Waals surface area (Å²) in [5.74, 6) is 0. The minimum atomic E-state index is -0.598. The van der Waals surface area contributed by atoms with E-state index in [1.165, 1.54) is 0 Å². The Labute approximate surface area is 143 Å². The van der Waals surface area contributed by atoms with E-state index in [2.05, 4.69) is 5.32 Å². The van der Waals surface area contributed by atoms with Crippen molar-refractivity contribution in [1.29, 1.82) is 0 Å². The number of nitro groups is 2. The van der Waals surface area contributed by atoms with Gasteiger partial charge in [0.25, 0.3) is 11.4 Å². The van der Waals surface area contributed by atoms with Gasteiger partial charge in [-0.2, -0.15) is 0 Å². The molecule has 25 heavy (non-hydrogen) atoms. The first-order valence-corrected chi connectivity index (χ1v) is 7.65. The number of benzene rings is 3. The van der Waals surface area contributed by atoms with Crippen LogP contribution >= 0.6 is 0 Å². The lowest BCUT2D eigenvalue weighted by Crippen LogP contribution is -2.09. The van der Waals surface area contributed by atoms with Gasteiger partial charge < -0.3 is 5.32 Å². The number of rotatable bonds is 5. The average molecular weight is 337 g/mol. The van der Waals surface area contributed by atoms with E-state index in [4.69, 9.17) is 0 Å². The van der Waals surface area contributed by atoms with Crippen LogP contribution in [0.3, 0.4) is 0 Å². The summed E-state index contributed by atoms with van der Waals surface area (Å²) >= 11 is 0. The summed E-state index contributed by atoms with van der Waals surface area (Å²) in [4.78, 5) is 21.6. The van der Waals surface area contributed by atoms with E-state index in [9.17, 15) is 20.2 Å². The van der Waals surface area contributed by atoms with Crippen LogP contribution < -0.4 is 5.32 Å². The smallest absolute Gasteiger partial charge is 0.299 e. The highest BCUT2D eigenvalue weighted by atomic mass is 16.6. The fourth-order valence-electron chi connectivity index (χ4n) is 2.83. The van der Waals surface area contributed by atoms with Crippen molar-refractivity contribution >= 4 is 27.8 Å². The molecule has 7 heteroatoms. The van der Waals surface area contributed by atoms with Crippen LogP contribution in [0, 0.1) is 20.2 Å². The van der Waals surface area contributed by atoms with Gasteiger partial charge in [0.2, 0.25) is 0 Å². The molecule has 126 valence electrons. The van der Waals surface area contributed by atoms with Gasteiger partial charge in [-0.3, -0.25) is 20.2 Å². The molecule has 0 amide bonds. The molecular weight excluding hydrogens is 322 g/mol. The minimum Gasteiger partial charge on any atom is -0.372 e. The SMILES string of the molecule is C[C@H](Nc1c([N+](=O)[O-])cc([N+](=O)[O-])c2ccccc12)c1ccccc1. The van der Waals surface area contributed by atoms with E-state index in [0.29, 0.717) is 10.8 Å². The lowest BCUT2D eigenvalue weighted by atomic mass is 10.0. The van der Waals surface area contributed by atoms with Crippen molar-refractivity contribution < 1.29 is 9.85 Å². The van der Waals surface area contributed by atoms with E-state index in [1.807, 2.05) is 37.3 Å². The molecule has 0 fully saturated rings. The third-order valence-electron chi connectivity index (χ3n) is 4.06. The highest BCUT2D eigenvalue weighted by molar-refractivity contribution is 6.03. The molecule has 0 aliphatic carbocycles. The standard InChI is InChI=1S/C18H15N3O4/c1-12(13-7-3-2-4-8-13)19-18-15-10-6-5-9-14(15)16(20(22)23)11-17(18)21(24)25/h2-12,19H,1H3/t12-/m0/s1. The zero-order valence-corrected chi connectivity index (χ0v) is 13.4. The van der Waals surface area contributed by atoms with Gasteiger partial charge >= 0.3 is 0 Å². The maximum Gasteiger partial charge on any atom is 0.299 e. The normalized spacial score (nSPS) is 11.9. The van der Waals surface area contributed by atoms with Gasteiger partial charge in [0.1, 0.15) is 5.69 Å². The molecule has 0 aliphatic rings. The monoisotopic (exact) mass is 337 g/mol. The zero-order chi connectivity index (χ0) is 18.0. The Hall–Kier alpha value is -3.48. The summed E-state index contributed by atoms with van der Waals surface area (Å²) in [6, 6.07) is 16.9. The first-order chi connectivity index (χ1) is 12.0. The molecule has 7 nitrogen and oxygen atoms in total. The number of hydrogen-bond acceptors (Lipinski definition) is 5. The molecule has 0 aliphatic heterocycles. The molecule has 3 rings (SSSR count). The van der Waals surface area contributed by atoms with Crippen molar-refractivity contribution in [1.82, 2.24) is 0 Å². The van der Waals surface area contributed by atoms with E-state index < -0.39 is 9.85 Å². The maximum atomic E-state index is 11.5. The van der Waals surface area contributed by atoms with Crippen LogP contribution in [0.15, 0.2) is 60.7 Å². The van der Waals surface area contributed by atoms with E-state index in [-0.39, 0.29) is 23.1 Å². The van der Waals surface area contributed by atoms with Crippen molar-refractivity contribution in [3.8, 4) is 0 Å². The van der Waals surface area contributed by atoms with Crippen LogP contribution in [-0.4, -0.2) is 9.85 Å². The molecule has 0 aromatic heterocycles. The number of nitrogens with one attached hydrogen (secondary N) is 1. The molecular formula is C18H15N3O4. The third-order valence-corrected chi connectivity index (χ3v) is 4.06. The highest BCUT2D eigenvalue weighted by Gasteiger charge is 2.26. The quantitative estimate of drug-likeness (QED) is 0.531. The van der Waals surface area contributed by atoms with Gasteiger partial charge in [0.15, 0.2) is 0 Å². The number of nitro benzene ring substituents is 2. The highest BCUT2D eigenvalue weighted by Crippen LogP contribution is 2.40. The van der Waals surface area contributed by atoms with Crippen molar-refractivity contribution in [2.75, 3.05) is 5.32 Å². The van der Waals surface area contributed by atoms with Crippen LogP contribution in [-0.2, 0) is 0 Å². The van der Waals surface area contributed by atoms with Crippen molar-refractivity contribution in [3.05, 3.63) is 86.5 Å². The van der Waals surface area contributed by atoms with E-state index >= 15 is 0 Å². The first kappa shape index (κ1) is 16.4. The van der Waals surface area contributed by atoms with Crippen LogP contribution in [0.5, 0.6) is 0 Å². The molecule has 3 aromatic carbocycles. The fourth-order valence-corrected chi connectivity index (χ4v) is 2.83. The van der Waals surface area contributed by atoms with E-state index in [1.54, 1.807) is 24.3 Å². The van der Waals surface area contributed by atoms with Crippen molar-refractivity contribution in [3.63, 3.8) is 0 Å². The lowest BCUT2D eigenvalue weighted by Gasteiger charge is -2.17. The van der Waals surface area contributed by atoms with Crippen LogP contribution in [0.25, 0.3) is 10.8 Å². The fraction of sp³-hybridized carbons (Fsp3) is 0.111. The zero-order valence-electron chi connectivity index (χ0n) is 13.4. The number of nitrogens with zero attached hydrogens (tertiary/aromatic N) is 2. The Morgan fingerprint density at radius 2 is 1.40 bits per heavy atom. The Morgan fingerprint density at radius 1 is 0.840 bits per heavy atom. The summed E-state index contributed by atoms with van der Waals surface area (Å²) in [6.45, 7) is 1.88. The van der Waals surface area contributed by atoms with Gasteiger partial charge in [-0.15, -0.1) is 0 Å². The number of fused-ring (bicyclic) bond motifs is 1. The summed E-state index contributed by atoms with van der Waals surface area (Å²) in [7, 11) is 0. The molecule has 0 spiro atoms. The van der Waals surface area contributed by atoms with E-state index in [0.717, 1.165) is 11.6 Å². The summed E-state index contributed by atoms with van der Waals surface area (Å²) in [5.41, 5.74) is 0.648. The first-order valence-electron chi connectivity index (χ1n) is 7.65. The van der Waals surface area contributed by atoms with Crippen molar-refractivity contribution in [2.24, 2.45) is 0 Å². The maximum absolute atomic E-state index is 11.5. The average Bonchev–Trinajstić information content (AvgIpc) is 2.62. The summed E-state index contributed by atoms with van der Waals surface area (Å²) < 4.78 is 0.